The normalized spacial score (nSPS) is 22.4. The third-order valence-corrected chi connectivity index (χ3v) is 8.04. The number of hydrogen-bond acceptors (Lipinski definition) is 4. The van der Waals surface area contributed by atoms with Gasteiger partial charge in [0.2, 0.25) is 0 Å². The predicted molar refractivity (Wildman–Crippen MR) is 103 cm³/mol. The van der Waals surface area contributed by atoms with Crippen LogP contribution in [0, 0.1) is 11.6 Å². The van der Waals surface area contributed by atoms with Gasteiger partial charge < -0.3 is 9.84 Å². The van der Waals surface area contributed by atoms with E-state index < -0.39 is 44.9 Å². The Bertz CT molecular complexity index is 1000. The van der Waals surface area contributed by atoms with E-state index >= 15 is 0 Å². The molecule has 0 radical (unpaired) electrons. The Morgan fingerprint density at radius 1 is 1.14 bits per heavy atom. The summed E-state index contributed by atoms with van der Waals surface area (Å²) in [4.78, 5) is 10.7. The van der Waals surface area contributed by atoms with E-state index in [4.69, 9.17) is 21.4 Å². The Hall–Kier alpha value is -2.03. The van der Waals surface area contributed by atoms with Gasteiger partial charge in [-0.3, -0.25) is 0 Å². The van der Waals surface area contributed by atoms with Crippen LogP contribution in [0.25, 0.3) is 0 Å². The van der Waals surface area contributed by atoms with Crippen LogP contribution in [0.2, 0.25) is 5.02 Å². The van der Waals surface area contributed by atoms with Gasteiger partial charge in [0, 0.05) is 10.6 Å². The van der Waals surface area contributed by atoms with Crippen LogP contribution in [0.5, 0.6) is 0 Å². The minimum atomic E-state index is -4.12. The van der Waals surface area contributed by atoms with E-state index in [0.717, 1.165) is 18.2 Å². The molecule has 0 spiro atoms. The highest BCUT2D eigenvalue weighted by atomic mass is 35.5. The number of carboxylic acids is 1. The molecule has 0 aromatic heterocycles. The molecular weight excluding hydrogens is 426 g/mol. The van der Waals surface area contributed by atoms with E-state index in [1.165, 1.54) is 24.3 Å². The first-order valence-corrected chi connectivity index (χ1v) is 10.8. The maximum absolute atomic E-state index is 14.7. The summed E-state index contributed by atoms with van der Waals surface area (Å²) < 4.78 is 59.4. The second-order valence-electron chi connectivity index (χ2n) is 6.98. The number of ether oxygens (including phenoxy) is 1. The van der Waals surface area contributed by atoms with E-state index in [1.54, 1.807) is 0 Å². The van der Waals surface area contributed by atoms with E-state index in [9.17, 15) is 22.0 Å². The number of halogens is 3. The van der Waals surface area contributed by atoms with Gasteiger partial charge in [-0.05, 0) is 68.1 Å². The molecule has 0 atom stereocenters. The summed E-state index contributed by atoms with van der Waals surface area (Å²) in [5, 5.41) is 9.12. The molecule has 1 fully saturated rings. The first-order valence-electron chi connectivity index (χ1n) is 8.95. The minimum Gasteiger partial charge on any atom is -0.480 e. The van der Waals surface area contributed by atoms with Gasteiger partial charge >= 0.3 is 5.97 Å². The van der Waals surface area contributed by atoms with Crippen molar-refractivity contribution in [2.75, 3.05) is 6.61 Å². The van der Waals surface area contributed by atoms with Crippen molar-refractivity contribution in [2.24, 2.45) is 0 Å². The number of aliphatic carboxylic acids is 1. The highest BCUT2D eigenvalue weighted by Crippen LogP contribution is 2.48. The van der Waals surface area contributed by atoms with Gasteiger partial charge in [-0.25, -0.2) is 22.0 Å². The summed E-state index contributed by atoms with van der Waals surface area (Å²) in [6, 6.07) is 8.28. The molecule has 1 saturated carbocycles. The number of carboxylic acid groups (broad SMARTS) is 1. The Kier molecular flexibility index (Phi) is 6.26. The fraction of sp³-hybridized carbons (Fsp3) is 0.350. The number of sulfone groups is 1. The third kappa shape index (κ3) is 4.29. The molecule has 0 aliphatic heterocycles. The molecule has 2 aromatic rings. The molecule has 1 aliphatic rings. The van der Waals surface area contributed by atoms with Crippen LogP contribution in [0.15, 0.2) is 47.4 Å². The molecule has 0 heterocycles. The third-order valence-electron chi connectivity index (χ3n) is 5.24. The minimum absolute atomic E-state index is 0.0391. The first kappa shape index (κ1) is 21.7. The highest BCUT2D eigenvalue weighted by molar-refractivity contribution is 7.92. The zero-order valence-electron chi connectivity index (χ0n) is 15.3. The maximum atomic E-state index is 14.7. The van der Waals surface area contributed by atoms with Crippen molar-refractivity contribution in [3.8, 4) is 0 Å². The smallest absolute Gasteiger partial charge is 0.329 e. The predicted octanol–water partition coefficient (Wildman–Crippen LogP) is 4.33. The lowest BCUT2D eigenvalue weighted by Gasteiger charge is -2.40. The summed E-state index contributed by atoms with van der Waals surface area (Å²) in [6.07, 6.45) is -0.173. The molecule has 2 aromatic carbocycles. The molecule has 0 saturated heterocycles. The second-order valence-corrected chi connectivity index (χ2v) is 9.68. The zero-order chi connectivity index (χ0) is 21.2. The monoisotopic (exact) mass is 444 g/mol. The van der Waals surface area contributed by atoms with Crippen molar-refractivity contribution in [2.45, 2.75) is 41.4 Å². The topological polar surface area (TPSA) is 80.7 Å². The van der Waals surface area contributed by atoms with Gasteiger partial charge in [0.25, 0.3) is 0 Å². The van der Waals surface area contributed by atoms with Crippen molar-refractivity contribution < 1.29 is 31.8 Å². The van der Waals surface area contributed by atoms with Crippen molar-refractivity contribution in [3.05, 3.63) is 64.7 Å². The van der Waals surface area contributed by atoms with E-state index in [0.29, 0.717) is 5.02 Å². The SMILES string of the molecule is O=C(O)CO[C@H]1CC[C@@](c2cc(F)ccc2F)(S(=O)(=O)c2ccc(Cl)cc2)CC1. The van der Waals surface area contributed by atoms with Gasteiger partial charge in [-0.2, -0.15) is 0 Å². The fourth-order valence-corrected chi connectivity index (χ4v) is 6.07. The van der Waals surface area contributed by atoms with Gasteiger partial charge in [0.05, 0.1) is 11.0 Å². The van der Waals surface area contributed by atoms with Crippen LogP contribution in [-0.2, 0) is 24.1 Å². The van der Waals surface area contributed by atoms with Gasteiger partial charge in [-0.15, -0.1) is 0 Å². The molecule has 0 bridgehead atoms. The van der Waals surface area contributed by atoms with Crippen molar-refractivity contribution >= 4 is 27.4 Å². The average Bonchev–Trinajstić information content (AvgIpc) is 2.69. The van der Waals surface area contributed by atoms with Crippen LogP contribution in [0.1, 0.15) is 31.2 Å². The standard InChI is InChI=1S/C20H19ClF2O5S/c21-13-1-4-16(5-2-13)29(26,27)20(17-11-14(22)3-6-18(17)23)9-7-15(8-10-20)28-12-19(24)25/h1-6,11,15H,7-10,12H2,(H,24,25)/t15-,20+. The quantitative estimate of drug-likeness (QED) is 0.717. The molecule has 0 amide bonds. The van der Waals surface area contributed by atoms with Gasteiger partial charge in [0.15, 0.2) is 9.84 Å². The molecule has 156 valence electrons. The molecule has 1 aliphatic carbocycles. The van der Waals surface area contributed by atoms with Crippen LogP contribution < -0.4 is 0 Å². The summed E-state index contributed by atoms with van der Waals surface area (Å²) in [6.45, 7) is -0.504. The molecular formula is C20H19ClF2O5S. The Balaban J connectivity index is 2.05. The highest BCUT2D eigenvalue weighted by Gasteiger charge is 2.50. The molecule has 29 heavy (non-hydrogen) atoms. The number of hydrogen-bond donors (Lipinski definition) is 1. The molecule has 0 unspecified atom stereocenters. The molecule has 9 heteroatoms. The van der Waals surface area contributed by atoms with E-state index in [1.807, 2.05) is 0 Å². The molecule has 1 N–H and O–H groups in total. The maximum Gasteiger partial charge on any atom is 0.329 e. The van der Waals surface area contributed by atoms with E-state index in [2.05, 4.69) is 0 Å². The fourth-order valence-electron chi connectivity index (χ4n) is 3.78. The Morgan fingerprint density at radius 2 is 1.76 bits per heavy atom. The first-order chi connectivity index (χ1) is 13.7. The van der Waals surface area contributed by atoms with Gasteiger partial charge in [-0.1, -0.05) is 11.6 Å². The number of carbonyl (C=O) groups is 1. The van der Waals surface area contributed by atoms with E-state index in [-0.39, 0.29) is 36.1 Å². The Morgan fingerprint density at radius 3 is 2.34 bits per heavy atom. The summed E-state index contributed by atoms with van der Waals surface area (Å²) in [7, 11) is -4.12. The lowest BCUT2D eigenvalue weighted by molar-refractivity contribution is -0.145. The lowest BCUT2D eigenvalue weighted by atomic mass is 9.81. The number of rotatable bonds is 6. The van der Waals surface area contributed by atoms with Crippen LogP contribution in [-0.4, -0.2) is 32.2 Å². The van der Waals surface area contributed by atoms with Crippen molar-refractivity contribution in [3.63, 3.8) is 0 Å². The summed E-state index contributed by atoms with van der Waals surface area (Å²) in [5.41, 5.74) is -0.232. The molecule has 3 rings (SSSR count). The molecule has 5 nitrogen and oxygen atoms in total. The van der Waals surface area contributed by atoms with Crippen molar-refractivity contribution in [1.29, 1.82) is 0 Å². The van der Waals surface area contributed by atoms with Crippen LogP contribution >= 0.6 is 11.6 Å². The van der Waals surface area contributed by atoms with Crippen molar-refractivity contribution in [1.82, 2.24) is 0 Å². The zero-order valence-corrected chi connectivity index (χ0v) is 16.8. The summed E-state index contributed by atoms with van der Waals surface area (Å²) >= 11 is 5.86. The second kappa shape index (κ2) is 8.38. The van der Waals surface area contributed by atoms with Gasteiger partial charge in [0.1, 0.15) is 23.0 Å². The largest absolute Gasteiger partial charge is 0.480 e. The van der Waals surface area contributed by atoms with Crippen LogP contribution in [0.3, 0.4) is 0 Å². The Labute approximate surface area is 172 Å². The summed E-state index contributed by atoms with van der Waals surface area (Å²) in [5.74, 6) is -2.68. The number of benzene rings is 2. The lowest BCUT2D eigenvalue weighted by Crippen LogP contribution is -2.42. The average molecular weight is 445 g/mol. The van der Waals surface area contributed by atoms with Crippen LogP contribution in [0.4, 0.5) is 8.78 Å².